The van der Waals surface area contributed by atoms with Crippen LogP contribution in [-0.4, -0.2) is 25.8 Å². The van der Waals surface area contributed by atoms with E-state index in [9.17, 15) is 4.79 Å². The monoisotopic (exact) mass is 204 g/mol. The predicted octanol–water partition coefficient (Wildman–Crippen LogP) is 0.786. The summed E-state index contributed by atoms with van der Waals surface area (Å²) in [6, 6.07) is 2.00. The lowest BCUT2D eigenvalue weighted by Crippen LogP contribution is -2.05. The molecule has 0 unspecified atom stereocenters. The molecule has 0 aliphatic carbocycles. The minimum atomic E-state index is 0.592. The Kier molecular flexibility index (Phi) is 2.37. The van der Waals surface area contributed by atoms with Crippen LogP contribution in [0.15, 0.2) is 18.5 Å². The largest absolute Gasteiger partial charge is 0.298 e. The number of carbonyl (C=O) groups is 1. The average Bonchev–Trinajstić information content (AvgIpc) is 2.75. The third-order valence-corrected chi connectivity index (χ3v) is 2.21. The quantitative estimate of drug-likeness (QED) is 0.694. The molecule has 0 aliphatic heterocycles. The molecular weight excluding hydrogens is 192 g/mol. The van der Waals surface area contributed by atoms with Gasteiger partial charge in [0.1, 0.15) is 0 Å². The summed E-state index contributed by atoms with van der Waals surface area (Å²) in [5.74, 6) is 0. The molecule has 5 heteroatoms. The Morgan fingerprint density at radius 3 is 2.87 bits per heavy atom. The lowest BCUT2D eigenvalue weighted by molar-refractivity contribution is 0.112. The fraction of sp³-hybridized carbons (Fsp3) is 0.300. The highest BCUT2D eigenvalue weighted by Gasteiger charge is 2.03. The first-order chi connectivity index (χ1) is 7.19. The molecular formula is C10H12N4O. The number of carbonyl (C=O) groups excluding carboxylic acids is 1. The van der Waals surface area contributed by atoms with Crippen LogP contribution >= 0.6 is 0 Å². The SMILES string of the molecule is Cc1cc(Cn2cc(C=O)cn2)n(C)n1. The summed E-state index contributed by atoms with van der Waals surface area (Å²) in [6.45, 7) is 2.58. The fourth-order valence-electron chi connectivity index (χ4n) is 1.51. The molecule has 2 aromatic rings. The summed E-state index contributed by atoms with van der Waals surface area (Å²) >= 11 is 0. The van der Waals surface area contributed by atoms with Crippen molar-refractivity contribution < 1.29 is 4.79 Å². The van der Waals surface area contributed by atoms with E-state index in [1.807, 2.05) is 24.7 Å². The zero-order valence-corrected chi connectivity index (χ0v) is 8.71. The zero-order chi connectivity index (χ0) is 10.8. The third-order valence-electron chi connectivity index (χ3n) is 2.21. The van der Waals surface area contributed by atoms with E-state index < -0.39 is 0 Å². The smallest absolute Gasteiger partial charge is 0.153 e. The normalized spacial score (nSPS) is 10.5. The number of hydrogen-bond donors (Lipinski definition) is 0. The molecule has 0 N–H and O–H groups in total. The summed E-state index contributed by atoms with van der Waals surface area (Å²) in [4.78, 5) is 10.5. The van der Waals surface area contributed by atoms with Gasteiger partial charge in [-0.05, 0) is 13.0 Å². The molecule has 0 fully saturated rings. The Hall–Kier alpha value is -1.91. The van der Waals surface area contributed by atoms with E-state index in [1.165, 1.54) is 0 Å². The Labute approximate surface area is 87.3 Å². The first kappa shape index (κ1) is 9.64. The molecule has 0 amide bonds. The van der Waals surface area contributed by atoms with Gasteiger partial charge < -0.3 is 0 Å². The van der Waals surface area contributed by atoms with Crippen molar-refractivity contribution in [3.8, 4) is 0 Å². The second-order valence-corrected chi connectivity index (χ2v) is 3.49. The predicted molar refractivity (Wildman–Crippen MR) is 54.7 cm³/mol. The molecule has 0 atom stereocenters. The highest BCUT2D eigenvalue weighted by Crippen LogP contribution is 2.04. The van der Waals surface area contributed by atoms with Crippen molar-refractivity contribution in [3.05, 3.63) is 35.4 Å². The molecule has 15 heavy (non-hydrogen) atoms. The molecule has 2 heterocycles. The van der Waals surface area contributed by atoms with Crippen LogP contribution in [0.2, 0.25) is 0 Å². The first-order valence-electron chi connectivity index (χ1n) is 4.66. The molecule has 0 spiro atoms. The van der Waals surface area contributed by atoms with Crippen LogP contribution in [0.4, 0.5) is 0 Å². The van der Waals surface area contributed by atoms with Gasteiger partial charge in [0.25, 0.3) is 0 Å². The molecule has 0 saturated carbocycles. The summed E-state index contributed by atoms with van der Waals surface area (Å²) in [7, 11) is 1.90. The van der Waals surface area contributed by atoms with Gasteiger partial charge in [0.2, 0.25) is 0 Å². The van der Waals surface area contributed by atoms with Crippen LogP contribution in [-0.2, 0) is 13.6 Å². The third kappa shape index (κ3) is 1.96. The minimum absolute atomic E-state index is 0.592. The average molecular weight is 204 g/mol. The van der Waals surface area contributed by atoms with Crippen LogP contribution in [0, 0.1) is 6.92 Å². The van der Waals surface area contributed by atoms with Crippen LogP contribution in [0.1, 0.15) is 21.7 Å². The fourth-order valence-corrected chi connectivity index (χ4v) is 1.51. The van der Waals surface area contributed by atoms with E-state index in [0.717, 1.165) is 17.7 Å². The molecule has 0 saturated heterocycles. The summed E-state index contributed by atoms with van der Waals surface area (Å²) in [5.41, 5.74) is 2.64. The Morgan fingerprint density at radius 2 is 2.33 bits per heavy atom. The highest BCUT2D eigenvalue weighted by molar-refractivity contribution is 5.73. The van der Waals surface area contributed by atoms with Crippen molar-refractivity contribution in [2.45, 2.75) is 13.5 Å². The first-order valence-corrected chi connectivity index (χ1v) is 4.66. The van der Waals surface area contributed by atoms with E-state index in [1.54, 1.807) is 17.1 Å². The van der Waals surface area contributed by atoms with Crippen LogP contribution in [0.3, 0.4) is 0 Å². The lowest BCUT2D eigenvalue weighted by atomic mass is 10.3. The number of rotatable bonds is 3. The summed E-state index contributed by atoms with van der Waals surface area (Å²) in [6.07, 6.45) is 4.06. The van der Waals surface area contributed by atoms with Crippen LogP contribution < -0.4 is 0 Å². The van der Waals surface area contributed by atoms with Crippen molar-refractivity contribution in [2.75, 3.05) is 0 Å². The van der Waals surface area contributed by atoms with Gasteiger partial charge in [-0.3, -0.25) is 14.2 Å². The van der Waals surface area contributed by atoms with E-state index in [2.05, 4.69) is 10.2 Å². The number of nitrogens with zero attached hydrogens (tertiary/aromatic N) is 4. The van der Waals surface area contributed by atoms with Gasteiger partial charge in [-0.25, -0.2) is 0 Å². The van der Waals surface area contributed by atoms with Gasteiger partial charge in [-0.2, -0.15) is 10.2 Å². The lowest BCUT2D eigenvalue weighted by Gasteiger charge is -2.01. The van der Waals surface area contributed by atoms with Gasteiger partial charge in [0.15, 0.2) is 6.29 Å². The van der Waals surface area contributed by atoms with Gasteiger partial charge in [-0.15, -0.1) is 0 Å². The van der Waals surface area contributed by atoms with Crippen molar-refractivity contribution in [2.24, 2.45) is 7.05 Å². The van der Waals surface area contributed by atoms with Crippen molar-refractivity contribution >= 4 is 6.29 Å². The molecule has 0 aromatic carbocycles. The minimum Gasteiger partial charge on any atom is -0.298 e. The van der Waals surface area contributed by atoms with E-state index in [-0.39, 0.29) is 0 Å². The number of aryl methyl sites for hydroxylation is 2. The molecule has 0 radical (unpaired) electrons. The molecule has 78 valence electrons. The topological polar surface area (TPSA) is 52.7 Å². The maximum atomic E-state index is 10.5. The standard InChI is InChI=1S/C10H12N4O/c1-8-3-10(13(2)12-8)6-14-5-9(7-15)4-11-14/h3-5,7H,6H2,1-2H3. The van der Waals surface area contributed by atoms with E-state index >= 15 is 0 Å². The zero-order valence-electron chi connectivity index (χ0n) is 8.71. The molecule has 5 nitrogen and oxygen atoms in total. The second kappa shape index (κ2) is 3.68. The maximum Gasteiger partial charge on any atom is 0.153 e. The van der Waals surface area contributed by atoms with Crippen molar-refractivity contribution in [1.29, 1.82) is 0 Å². The van der Waals surface area contributed by atoms with Crippen LogP contribution in [0.5, 0.6) is 0 Å². The Morgan fingerprint density at radius 1 is 1.53 bits per heavy atom. The molecule has 2 aromatic heterocycles. The van der Waals surface area contributed by atoms with E-state index in [4.69, 9.17) is 0 Å². The van der Waals surface area contributed by atoms with Gasteiger partial charge in [-0.1, -0.05) is 0 Å². The van der Waals surface area contributed by atoms with E-state index in [0.29, 0.717) is 12.1 Å². The van der Waals surface area contributed by atoms with Gasteiger partial charge in [0.05, 0.1) is 29.7 Å². The maximum absolute atomic E-state index is 10.5. The number of aromatic nitrogens is 4. The van der Waals surface area contributed by atoms with Gasteiger partial charge in [0, 0.05) is 13.2 Å². The highest BCUT2D eigenvalue weighted by atomic mass is 16.1. The van der Waals surface area contributed by atoms with Gasteiger partial charge >= 0.3 is 0 Å². The summed E-state index contributed by atoms with van der Waals surface area (Å²) in [5, 5.41) is 8.32. The molecule has 0 bridgehead atoms. The number of aldehydes is 1. The Balaban J connectivity index is 2.21. The molecule has 0 aliphatic rings. The van der Waals surface area contributed by atoms with Crippen molar-refractivity contribution in [1.82, 2.24) is 19.6 Å². The second-order valence-electron chi connectivity index (χ2n) is 3.49. The van der Waals surface area contributed by atoms with Crippen LogP contribution in [0.25, 0.3) is 0 Å². The number of hydrogen-bond acceptors (Lipinski definition) is 3. The molecule has 2 rings (SSSR count). The van der Waals surface area contributed by atoms with Crippen molar-refractivity contribution in [3.63, 3.8) is 0 Å². The Bertz CT molecular complexity index is 483. The summed E-state index contributed by atoms with van der Waals surface area (Å²) < 4.78 is 3.54.